The smallest absolute Gasteiger partial charge is 0.0386 e. The molecule has 7 rings (SSSR count). The number of hydrogen-bond acceptors (Lipinski definition) is 1. The van der Waals surface area contributed by atoms with Gasteiger partial charge >= 0.3 is 0 Å². The zero-order chi connectivity index (χ0) is 32.5. The van der Waals surface area contributed by atoms with E-state index in [-0.39, 0.29) is 0 Å². The molecule has 0 saturated carbocycles. The summed E-state index contributed by atoms with van der Waals surface area (Å²) in [6, 6.07) is 62.3. The topological polar surface area (TPSA) is 12.0 Å². The first-order chi connectivity index (χ1) is 23.7. The van der Waals surface area contributed by atoms with E-state index >= 15 is 0 Å². The van der Waals surface area contributed by atoms with Crippen molar-refractivity contribution in [3.8, 4) is 33.4 Å². The normalized spacial score (nSPS) is 12.0. The van der Waals surface area contributed by atoms with Crippen LogP contribution >= 0.6 is 0 Å². The van der Waals surface area contributed by atoms with Crippen molar-refractivity contribution in [3.05, 3.63) is 211 Å². The van der Waals surface area contributed by atoms with Gasteiger partial charge in [-0.2, -0.15) is 0 Å². The second-order valence-electron chi connectivity index (χ2n) is 11.9. The van der Waals surface area contributed by atoms with Crippen molar-refractivity contribution in [2.45, 2.75) is 6.92 Å². The van der Waals surface area contributed by atoms with E-state index in [2.05, 4.69) is 206 Å². The molecule has 230 valence electrons. The maximum atomic E-state index is 3.56. The van der Waals surface area contributed by atoms with Gasteiger partial charge in [-0.05, 0) is 91.6 Å². The quantitative estimate of drug-likeness (QED) is 0.159. The van der Waals surface area contributed by atoms with E-state index in [1.807, 2.05) is 6.20 Å². The molecule has 7 aromatic rings. The number of fused-ring (bicyclic) bond motifs is 1. The number of anilines is 1. The highest BCUT2D eigenvalue weighted by atomic mass is 14.8. The second kappa shape index (κ2) is 14.5. The van der Waals surface area contributed by atoms with Gasteiger partial charge in [-0.3, -0.25) is 0 Å². The minimum atomic E-state index is 1.04. The van der Waals surface area contributed by atoms with Crippen molar-refractivity contribution < 1.29 is 0 Å². The fourth-order valence-electron chi connectivity index (χ4n) is 6.21. The Kier molecular flexibility index (Phi) is 9.20. The van der Waals surface area contributed by atoms with Gasteiger partial charge in [0.25, 0.3) is 0 Å². The molecule has 0 aliphatic rings. The van der Waals surface area contributed by atoms with Gasteiger partial charge in [0.05, 0.1) is 0 Å². The molecular weight excluding hydrogens is 579 g/mol. The van der Waals surface area contributed by atoms with Crippen LogP contribution in [-0.4, -0.2) is 0 Å². The lowest BCUT2D eigenvalue weighted by molar-refractivity contribution is 1.47. The van der Waals surface area contributed by atoms with Gasteiger partial charge in [0.15, 0.2) is 0 Å². The Hall–Kier alpha value is -6.18. The third kappa shape index (κ3) is 6.97. The number of allylic oxidation sites excluding steroid dienone is 4. The minimum absolute atomic E-state index is 1.04. The molecule has 0 amide bonds. The third-order valence-corrected chi connectivity index (χ3v) is 8.75. The standard InChI is InChI=1S/C47H37N/c1-35(44(38-16-7-3-8-17-38)30-28-41-22-13-21-39-20-11-12-23-45(39)41)32-33-48-43-29-31-46(47(34-43)40-18-9-4-10-19-40)42-26-24-37(25-27-42)36-14-5-2-6-15-36/h2-34,48H,1H3/b30-28-,33-32+,44-35+. The Morgan fingerprint density at radius 3 is 1.81 bits per heavy atom. The van der Waals surface area contributed by atoms with E-state index in [1.54, 1.807) is 0 Å². The molecular formula is C47H37N. The van der Waals surface area contributed by atoms with E-state index in [4.69, 9.17) is 0 Å². The Morgan fingerprint density at radius 1 is 0.479 bits per heavy atom. The fourth-order valence-corrected chi connectivity index (χ4v) is 6.21. The van der Waals surface area contributed by atoms with Crippen molar-refractivity contribution >= 4 is 28.1 Å². The van der Waals surface area contributed by atoms with Crippen LogP contribution < -0.4 is 5.32 Å². The summed E-state index contributed by atoms with van der Waals surface area (Å²) >= 11 is 0. The average molecular weight is 616 g/mol. The third-order valence-electron chi connectivity index (χ3n) is 8.75. The Bertz CT molecular complexity index is 2220. The molecule has 0 aromatic heterocycles. The molecule has 0 unspecified atom stereocenters. The van der Waals surface area contributed by atoms with Gasteiger partial charge in [0.2, 0.25) is 0 Å². The van der Waals surface area contributed by atoms with Gasteiger partial charge in [0.1, 0.15) is 0 Å². The summed E-state index contributed by atoms with van der Waals surface area (Å²) in [7, 11) is 0. The molecule has 7 aromatic carbocycles. The first-order valence-electron chi connectivity index (χ1n) is 16.4. The van der Waals surface area contributed by atoms with E-state index < -0.39 is 0 Å². The van der Waals surface area contributed by atoms with E-state index in [9.17, 15) is 0 Å². The lowest BCUT2D eigenvalue weighted by Crippen LogP contribution is -1.92. The predicted molar refractivity (Wildman–Crippen MR) is 208 cm³/mol. The van der Waals surface area contributed by atoms with Crippen LogP contribution in [0.4, 0.5) is 5.69 Å². The number of nitrogens with one attached hydrogen (secondary N) is 1. The van der Waals surface area contributed by atoms with Crippen molar-refractivity contribution in [3.63, 3.8) is 0 Å². The zero-order valence-corrected chi connectivity index (χ0v) is 27.1. The largest absolute Gasteiger partial charge is 0.362 e. The van der Waals surface area contributed by atoms with Crippen LogP contribution in [0.15, 0.2) is 200 Å². The highest BCUT2D eigenvalue weighted by Crippen LogP contribution is 2.35. The molecule has 0 atom stereocenters. The lowest BCUT2D eigenvalue weighted by atomic mass is 9.93. The first kappa shape index (κ1) is 30.5. The maximum Gasteiger partial charge on any atom is 0.0386 e. The summed E-state index contributed by atoms with van der Waals surface area (Å²) in [6.45, 7) is 2.17. The first-order valence-corrected chi connectivity index (χ1v) is 16.4. The molecule has 1 N–H and O–H groups in total. The summed E-state index contributed by atoms with van der Waals surface area (Å²) in [4.78, 5) is 0. The minimum Gasteiger partial charge on any atom is -0.362 e. The van der Waals surface area contributed by atoms with Crippen LogP contribution in [0.1, 0.15) is 18.1 Å². The Labute approximate surface area is 283 Å². The molecule has 0 fully saturated rings. The molecule has 0 bridgehead atoms. The van der Waals surface area contributed by atoms with Crippen molar-refractivity contribution in [2.24, 2.45) is 0 Å². The molecule has 0 aliphatic heterocycles. The highest BCUT2D eigenvalue weighted by molar-refractivity contribution is 5.93. The molecule has 48 heavy (non-hydrogen) atoms. The summed E-state index contributed by atoms with van der Waals surface area (Å²) in [5.74, 6) is 0. The molecule has 0 aliphatic carbocycles. The van der Waals surface area contributed by atoms with Gasteiger partial charge < -0.3 is 5.32 Å². The maximum absolute atomic E-state index is 3.56. The van der Waals surface area contributed by atoms with Crippen LogP contribution in [0.5, 0.6) is 0 Å². The summed E-state index contributed by atoms with van der Waals surface area (Å²) < 4.78 is 0. The van der Waals surface area contributed by atoms with Crippen LogP contribution in [0.3, 0.4) is 0 Å². The van der Waals surface area contributed by atoms with Gasteiger partial charge in [-0.25, -0.2) is 0 Å². The van der Waals surface area contributed by atoms with Crippen LogP contribution in [0.2, 0.25) is 0 Å². The van der Waals surface area contributed by atoms with E-state index in [0.717, 1.165) is 5.69 Å². The molecule has 1 heteroatoms. The average Bonchev–Trinajstić information content (AvgIpc) is 3.16. The number of benzene rings is 7. The van der Waals surface area contributed by atoms with Gasteiger partial charge in [-0.15, -0.1) is 0 Å². The molecule has 0 radical (unpaired) electrons. The Balaban J connectivity index is 1.18. The Morgan fingerprint density at radius 2 is 1.06 bits per heavy atom. The lowest BCUT2D eigenvalue weighted by Gasteiger charge is -2.14. The molecule has 1 nitrogen and oxygen atoms in total. The van der Waals surface area contributed by atoms with Crippen molar-refractivity contribution in [1.29, 1.82) is 0 Å². The van der Waals surface area contributed by atoms with Crippen molar-refractivity contribution in [2.75, 3.05) is 5.32 Å². The fraction of sp³-hybridized carbons (Fsp3) is 0.0213. The van der Waals surface area contributed by atoms with E-state index in [0.29, 0.717) is 0 Å². The van der Waals surface area contributed by atoms with Crippen LogP contribution in [0.25, 0.3) is 55.8 Å². The van der Waals surface area contributed by atoms with Crippen molar-refractivity contribution in [1.82, 2.24) is 0 Å². The molecule has 0 saturated heterocycles. The number of hydrogen-bond donors (Lipinski definition) is 1. The summed E-state index contributed by atoms with van der Waals surface area (Å²) in [5, 5.41) is 6.06. The second-order valence-corrected chi connectivity index (χ2v) is 11.9. The van der Waals surface area contributed by atoms with Crippen LogP contribution in [-0.2, 0) is 0 Å². The van der Waals surface area contributed by atoms with Gasteiger partial charge in [0, 0.05) is 11.9 Å². The van der Waals surface area contributed by atoms with Crippen LogP contribution in [0, 0.1) is 0 Å². The zero-order valence-electron chi connectivity index (χ0n) is 27.1. The SMILES string of the molecule is CC(/C=C/Nc1ccc(-c2ccc(-c3ccccc3)cc2)c(-c2ccccc2)c1)=C(/C=C\c1cccc2ccccc12)c1ccccc1. The molecule has 0 heterocycles. The van der Waals surface area contributed by atoms with E-state index in [1.165, 1.54) is 66.4 Å². The summed E-state index contributed by atoms with van der Waals surface area (Å²) in [6.07, 6.45) is 8.67. The molecule has 0 spiro atoms. The van der Waals surface area contributed by atoms with Gasteiger partial charge in [-0.1, -0.05) is 176 Å². The summed E-state index contributed by atoms with van der Waals surface area (Å²) in [5.41, 5.74) is 13.0. The monoisotopic (exact) mass is 615 g/mol. The highest BCUT2D eigenvalue weighted by Gasteiger charge is 2.10. The number of rotatable bonds is 9. The predicted octanol–water partition coefficient (Wildman–Crippen LogP) is 13.0.